The minimum Gasteiger partial charge on any atom is -0.504 e. The molecule has 0 aromatic heterocycles. The molecule has 112 valence electrons. The number of rotatable bonds is 4. The van der Waals surface area contributed by atoms with E-state index in [4.69, 9.17) is 4.74 Å². The zero-order chi connectivity index (χ0) is 16.3. The van der Waals surface area contributed by atoms with Crippen LogP contribution in [0.5, 0.6) is 11.5 Å². The zero-order valence-corrected chi connectivity index (χ0v) is 10.8. The Morgan fingerprint density at radius 2 is 1.68 bits per heavy atom. The fourth-order valence-corrected chi connectivity index (χ4v) is 1.73. The lowest BCUT2D eigenvalue weighted by molar-refractivity contribution is -0.422. The molecule has 0 bridgehead atoms. The molecule has 2 rings (SSSR count). The molecule has 0 aliphatic rings. The van der Waals surface area contributed by atoms with Crippen LogP contribution in [0.1, 0.15) is 10.4 Å². The second-order valence-corrected chi connectivity index (χ2v) is 4.04. The number of ether oxygens (including phenoxy) is 1. The van der Waals surface area contributed by atoms with Crippen LogP contribution in [0.2, 0.25) is 0 Å². The normalized spacial score (nSPS) is 10.0. The maximum atomic E-state index is 12.0. The zero-order valence-electron chi connectivity index (χ0n) is 10.8. The first-order valence-electron chi connectivity index (χ1n) is 5.83. The van der Waals surface area contributed by atoms with Gasteiger partial charge in [0.25, 0.3) is 0 Å². The van der Waals surface area contributed by atoms with Crippen molar-refractivity contribution in [1.82, 2.24) is 0 Å². The molecule has 0 aliphatic carbocycles. The van der Waals surface area contributed by atoms with Crippen LogP contribution in [0, 0.1) is 20.2 Å². The number of aromatic hydroxyl groups is 1. The van der Waals surface area contributed by atoms with Crippen molar-refractivity contribution in [2.24, 2.45) is 0 Å². The molecule has 2 aromatic rings. The van der Waals surface area contributed by atoms with Gasteiger partial charge < -0.3 is 9.84 Å². The number of carbonyl (C=O) groups is 1. The molecule has 9 nitrogen and oxygen atoms in total. The summed E-state index contributed by atoms with van der Waals surface area (Å²) in [5.41, 5.74) is -2.37. The predicted molar refractivity (Wildman–Crippen MR) is 72.8 cm³/mol. The molecule has 0 atom stereocenters. The van der Waals surface area contributed by atoms with E-state index < -0.39 is 32.8 Å². The molecule has 0 aliphatic heterocycles. The van der Waals surface area contributed by atoms with E-state index in [1.165, 1.54) is 24.3 Å². The van der Waals surface area contributed by atoms with Gasteiger partial charge in [0, 0.05) is 6.07 Å². The van der Waals surface area contributed by atoms with Crippen LogP contribution in [0.3, 0.4) is 0 Å². The summed E-state index contributed by atoms with van der Waals surface area (Å²) in [5.74, 6) is -1.74. The van der Waals surface area contributed by atoms with E-state index in [2.05, 4.69) is 0 Å². The van der Waals surface area contributed by atoms with E-state index in [-0.39, 0.29) is 11.5 Å². The van der Waals surface area contributed by atoms with Crippen molar-refractivity contribution in [2.75, 3.05) is 0 Å². The van der Waals surface area contributed by atoms with Crippen molar-refractivity contribution in [1.29, 1.82) is 0 Å². The van der Waals surface area contributed by atoms with Gasteiger partial charge in [-0.3, -0.25) is 20.2 Å². The average Bonchev–Trinajstić information content (AvgIpc) is 2.48. The quantitative estimate of drug-likeness (QED) is 0.397. The molecule has 2 aromatic carbocycles. The SMILES string of the molecule is O=C(Oc1ccccc1O)c1cccc([N+](=O)[O-])c1[N+](=O)[O-]. The number of para-hydroxylation sites is 3. The number of nitrogens with zero attached hydrogens (tertiary/aromatic N) is 2. The number of benzene rings is 2. The summed E-state index contributed by atoms with van der Waals surface area (Å²) in [6.07, 6.45) is 0. The molecule has 0 fully saturated rings. The molecule has 0 saturated heterocycles. The number of carbonyl (C=O) groups excluding carboxylic acids is 1. The standard InChI is InChI=1S/C13H8N2O7/c16-10-6-1-2-7-11(10)22-13(17)8-4-3-5-9(14(18)19)12(8)15(20)21/h1-7,16H. The second kappa shape index (κ2) is 5.87. The lowest BCUT2D eigenvalue weighted by Crippen LogP contribution is -2.12. The van der Waals surface area contributed by atoms with E-state index >= 15 is 0 Å². The number of nitro benzene ring substituents is 2. The van der Waals surface area contributed by atoms with E-state index in [1.54, 1.807) is 0 Å². The third-order valence-electron chi connectivity index (χ3n) is 2.68. The minimum absolute atomic E-state index is 0.215. The molecule has 9 heteroatoms. The highest BCUT2D eigenvalue weighted by Crippen LogP contribution is 2.32. The smallest absolute Gasteiger partial charge is 0.360 e. The number of esters is 1. The average molecular weight is 304 g/mol. The predicted octanol–water partition coefficient (Wildman–Crippen LogP) is 2.43. The van der Waals surface area contributed by atoms with Crippen LogP contribution in [0.25, 0.3) is 0 Å². The second-order valence-electron chi connectivity index (χ2n) is 4.04. The van der Waals surface area contributed by atoms with Gasteiger partial charge in [0.2, 0.25) is 0 Å². The molecule has 0 spiro atoms. The molecule has 1 N–H and O–H groups in total. The Labute approximate surface area is 122 Å². The van der Waals surface area contributed by atoms with E-state index in [9.17, 15) is 30.1 Å². The first-order chi connectivity index (χ1) is 10.4. The lowest BCUT2D eigenvalue weighted by Gasteiger charge is -2.06. The maximum Gasteiger partial charge on any atom is 0.360 e. The summed E-state index contributed by atoms with van der Waals surface area (Å²) < 4.78 is 4.84. The van der Waals surface area contributed by atoms with Crippen molar-refractivity contribution in [3.63, 3.8) is 0 Å². The molecule has 22 heavy (non-hydrogen) atoms. The summed E-state index contributed by atoms with van der Waals surface area (Å²) in [6, 6.07) is 8.57. The first kappa shape index (κ1) is 14.9. The molecule has 0 unspecified atom stereocenters. The van der Waals surface area contributed by atoms with Gasteiger partial charge in [-0.25, -0.2) is 4.79 Å². The van der Waals surface area contributed by atoms with Crippen molar-refractivity contribution in [3.05, 3.63) is 68.3 Å². The Balaban J connectivity index is 2.46. The summed E-state index contributed by atoms with van der Waals surface area (Å²) in [4.78, 5) is 31.9. The van der Waals surface area contributed by atoms with Gasteiger partial charge in [0.1, 0.15) is 5.56 Å². The van der Waals surface area contributed by atoms with Crippen molar-refractivity contribution >= 4 is 17.3 Å². The molecular weight excluding hydrogens is 296 g/mol. The minimum atomic E-state index is -1.18. The van der Waals surface area contributed by atoms with Crippen LogP contribution in [0.4, 0.5) is 11.4 Å². The number of hydrogen-bond acceptors (Lipinski definition) is 7. The Bertz CT molecular complexity index is 773. The van der Waals surface area contributed by atoms with Crippen LogP contribution in [0.15, 0.2) is 42.5 Å². The van der Waals surface area contributed by atoms with Crippen LogP contribution in [-0.2, 0) is 0 Å². The van der Waals surface area contributed by atoms with Gasteiger partial charge in [-0.15, -0.1) is 0 Å². The van der Waals surface area contributed by atoms with E-state index in [0.29, 0.717) is 0 Å². The van der Waals surface area contributed by atoms with Crippen LogP contribution < -0.4 is 4.74 Å². The molecule has 0 amide bonds. The van der Waals surface area contributed by atoms with E-state index in [1.807, 2.05) is 0 Å². The Kier molecular flexibility index (Phi) is 3.98. The first-order valence-corrected chi connectivity index (χ1v) is 5.83. The Hall–Kier alpha value is -3.49. The third kappa shape index (κ3) is 2.82. The fraction of sp³-hybridized carbons (Fsp3) is 0. The van der Waals surface area contributed by atoms with Crippen molar-refractivity contribution in [3.8, 4) is 11.5 Å². The highest BCUT2D eigenvalue weighted by molar-refractivity contribution is 5.97. The van der Waals surface area contributed by atoms with Crippen LogP contribution in [-0.4, -0.2) is 20.9 Å². The highest BCUT2D eigenvalue weighted by Gasteiger charge is 2.32. The highest BCUT2D eigenvalue weighted by atomic mass is 16.6. The van der Waals surface area contributed by atoms with Gasteiger partial charge in [0.15, 0.2) is 11.5 Å². The fourth-order valence-electron chi connectivity index (χ4n) is 1.73. The lowest BCUT2D eigenvalue weighted by atomic mass is 10.1. The van der Waals surface area contributed by atoms with Crippen molar-refractivity contribution in [2.45, 2.75) is 0 Å². The van der Waals surface area contributed by atoms with Crippen molar-refractivity contribution < 1.29 is 24.5 Å². The summed E-state index contributed by atoms with van der Waals surface area (Å²) in [5, 5.41) is 31.3. The van der Waals surface area contributed by atoms with Gasteiger partial charge >= 0.3 is 17.3 Å². The molecule has 0 heterocycles. The number of phenolic OH excluding ortho intramolecular Hbond substituents is 1. The van der Waals surface area contributed by atoms with Gasteiger partial charge in [-0.2, -0.15) is 0 Å². The number of phenols is 1. The Morgan fingerprint density at radius 3 is 2.27 bits per heavy atom. The number of hydrogen-bond donors (Lipinski definition) is 1. The van der Waals surface area contributed by atoms with Gasteiger partial charge in [-0.05, 0) is 18.2 Å². The Morgan fingerprint density at radius 1 is 1.00 bits per heavy atom. The topological polar surface area (TPSA) is 133 Å². The third-order valence-corrected chi connectivity index (χ3v) is 2.68. The molecule has 0 radical (unpaired) electrons. The summed E-state index contributed by atoms with van der Waals surface area (Å²) in [6.45, 7) is 0. The summed E-state index contributed by atoms with van der Waals surface area (Å²) >= 11 is 0. The maximum absolute atomic E-state index is 12.0. The van der Waals surface area contributed by atoms with Gasteiger partial charge in [-0.1, -0.05) is 18.2 Å². The molecule has 0 saturated carbocycles. The number of nitro groups is 2. The van der Waals surface area contributed by atoms with Crippen LogP contribution >= 0.6 is 0 Å². The monoisotopic (exact) mass is 304 g/mol. The summed E-state index contributed by atoms with van der Waals surface area (Å²) in [7, 11) is 0. The largest absolute Gasteiger partial charge is 0.504 e. The van der Waals surface area contributed by atoms with E-state index in [0.717, 1.165) is 18.2 Å². The molecular formula is C13H8N2O7. The van der Waals surface area contributed by atoms with Gasteiger partial charge in [0.05, 0.1) is 9.85 Å².